The standard InChI is InChI=1S/C11H20O2/c1-2-10-6-5-8-11(13-10)7-3-4-9-12-11/h10H,2-9H2,1H3/t10-,11-/m0/s1. The van der Waals surface area contributed by atoms with Crippen LogP contribution >= 0.6 is 0 Å². The van der Waals surface area contributed by atoms with Crippen LogP contribution in [0.4, 0.5) is 0 Å². The summed E-state index contributed by atoms with van der Waals surface area (Å²) in [5.74, 6) is -0.169. The van der Waals surface area contributed by atoms with Crippen molar-refractivity contribution in [3.63, 3.8) is 0 Å². The van der Waals surface area contributed by atoms with Crippen LogP contribution in [0.1, 0.15) is 51.9 Å². The molecule has 2 aliphatic rings. The molecule has 0 aliphatic carbocycles. The quantitative estimate of drug-likeness (QED) is 0.624. The Morgan fingerprint density at radius 1 is 1.23 bits per heavy atom. The van der Waals surface area contributed by atoms with Gasteiger partial charge in [-0.05, 0) is 32.1 Å². The Balaban J connectivity index is 1.95. The first kappa shape index (κ1) is 9.47. The van der Waals surface area contributed by atoms with E-state index in [1.807, 2.05) is 0 Å². The van der Waals surface area contributed by atoms with E-state index in [4.69, 9.17) is 9.47 Å². The molecule has 2 heteroatoms. The molecule has 0 bridgehead atoms. The third-order valence-electron chi connectivity index (χ3n) is 3.24. The van der Waals surface area contributed by atoms with E-state index in [1.54, 1.807) is 0 Å². The fraction of sp³-hybridized carbons (Fsp3) is 1.00. The molecular formula is C11H20O2. The second-order valence-electron chi connectivity index (χ2n) is 4.26. The van der Waals surface area contributed by atoms with E-state index >= 15 is 0 Å². The average Bonchev–Trinajstić information content (AvgIpc) is 2.19. The van der Waals surface area contributed by atoms with Crippen LogP contribution in [-0.4, -0.2) is 18.5 Å². The van der Waals surface area contributed by atoms with Gasteiger partial charge in [0.1, 0.15) is 0 Å². The zero-order valence-corrected chi connectivity index (χ0v) is 8.55. The number of ether oxygens (including phenoxy) is 2. The first-order valence-corrected chi connectivity index (χ1v) is 5.66. The lowest BCUT2D eigenvalue weighted by atomic mass is 9.94. The van der Waals surface area contributed by atoms with Gasteiger partial charge < -0.3 is 9.47 Å². The van der Waals surface area contributed by atoms with Gasteiger partial charge in [-0.15, -0.1) is 0 Å². The van der Waals surface area contributed by atoms with Gasteiger partial charge in [0.05, 0.1) is 12.7 Å². The van der Waals surface area contributed by atoms with Crippen molar-refractivity contribution in [3.8, 4) is 0 Å². The summed E-state index contributed by atoms with van der Waals surface area (Å²) in [6, 6.07) is 0. The van der Waals surface area contributed by atoms with Crippen LogP contribution in [0.25, 0.3) is 0 Å². The normalized spacial score (nSPS) is 40.8. The van der Waals surface area contributed by atoms with E-state index in [2.05, 4.69) is 6.92 Å². The van der Waals surface area contributed by atoms with E-state index in [0.717, 1.165) is 25.9 Å². The monoisotopic (exact) mass is 184 g/mol. The van der Waals surface area contributed by atoms with Crippen molar-refractivity contribution < 1.29 is 9.47 Å². The summed E-state index contributed by atoms with van der Waals surface area (Å²) in [7, 11) is 0. The van der Waals surface area contributed by atoms with Gasteiger partial charge in [-0.25, -0.2) is 0 Å². The summed E-state index contributed by atoms with van der Waals surface area (Å²) in [5.41, 5.74) is 0. The Bertz CT molecular complexity index is 156. The summed E-state index contributed by atoms with van der Waals surface area (Å²) in [6.45, 7) is 3.10. The number of hydrogen-bond acceptors (Lipinski definition) is 2. The molecule has 0 N–H and O–H groups in total. The lowest BCUT2D eigenvalue weighted by Crippen LogP contribution is -2.45. The van der Waals surface area contributed by atoms with Gasteiger partial charge >= 0.3 is 0 Å². The molecule has 0 amide bonds. The van der Waals surface area contributed by atoms with E-state index in [-0.39, 0.29) is 5.79 Å². The van der Waals surface area contributed by atoms with Gasteiger partial charge in [-0.2, -0.15) is 0 Å². The molecular weight excluding hydrogens is 164 g/mol. The Kier molecular flexibility index (Phi) is 2.89. The van der Waals surface area contributed by atoms with Crippen LogP contribution in [0.3, 0.4) is 0 Å². The zero-order valence-electron chi connectivity index (χ0n) is 8.55. The Labute approximate surface area is 80.6 Å². The second kappa shape index (κ2) is 3.97. The SMILES string of the molecule is CC[C@H]1CCC[C@]2(CCCCO2)O1. The predicted octanol–water partition coefficient (Wildman–Crippen LogP) is 2.86. The van der Waals surface area contributed by atoms with Crippen molar-refractivity contribution in [3.05, 3.63) is 0 Å². The third-order valence-corrected chi connectivity index (χ3v) is 3.24. The van der Waals surface area contributed by atoms with Gasteiger partial charge in [0.15, 0.2) is 5.79 Å². The summed E-state index contributed by atoms with van der Waals surface area (Å²) < 4.78 is 11.9. The molecule has 2 atom stereocenters. The molecule has 1 spiro atoms. The zero-order chi connectivity index (χ0) is 9.15. The van der Waals surface area contributed by atoms with Gasteiger partial charge in [-0.1, -0.05) is 6.92 Å². The van der Waals surface area contributed by atoms with Crippen LogP contribution in [0.15, 0.2) is 0 Å². The molecule has 2 saturated heterocycles. The largest absolute Gasteiger partial charge is 0.350 e. The Morgan fingerprint density at radius 2 is 2.08 bits per heavy atom. The molecule has 0 aromatic carbocycles. The molecule has 0 radical (unpaired) electrons. The third kappa shape index (κ3) is 2.05. The van der Waals surface area contributed by atoms with Gasteiger partial charge in [0.2, 0.25) is 0 Å². The van der Waals surface area contributed by atoms with Crippen molar-refractivity contribution in [2.24, 2.45) is 0 Å². The van der Waals surface area contributed by atoms with Crippen molar-refractivity contribution in [1.29, 1.82) is 0 Å². The van der Waals surface area contributed by atoms with Gasteiger partial charge in [-0.3, -0.25) is 0 Å². The molecule has 13 heavy (non-hydrogen) atoms. The highest BCUT2D eigenvalue weighted by Crippen LogP contribution is 2.37. The fourth-order valence-corrected chi connectivity index (χ4v) is 2.42. The molecule has 0 aromatic rings. The lowest BCUT2D eigenvalue weighted by Gasteiger charge is -2.43. The minimum absolute atomic E-state index is 0.169. The molecule has 0 aromatic heterocycles. The average molecular weight is 184 g/mol. The van der Waals surface area contributed by atoms with Gasteiger partial charge in [0.25, 0.3) is 0 Å². The van der Waals surface area contributed by atoms with Crippen molar-refractivity contribution in [1.82, 2.24) is 0 Å². The smallest absolute Gasteiger partial charge is 0.168 e. The van der Waals surface area contributed by atoms with E-state index < -0.39 is 0 Å². The minimum Gasteiger partial charge on any atom is -0.350 e. The molecule has 2 rings (SSSR count). The Hall–Kier alpha value is -0.0800. The van der Waals surface area contributed by atoms with E-state index in [0.29, 0.717) is 6.10 Å². The molecule has 76 valence electrons. The van der Waals surface area contributed by atoms with Crippen LogP contribution < -0.4 is 0 Å². The maximum absolute atomic E-state index is 6.04. The summed E-state index contributed by atoms with van der Waals surface area (Å²) >= 11 is 0. The summed E-state index contributed by atoms with van der Waals surface area (Å²) in [5, 5.41) is 0. The van der Waals surface area contributed by atoms with E-state index in [1.165, 1.54) is 25.7 Å². The molecule has 2 aliphatic heterocycles. The van der Waals surface area contributed by atoms with Crippen LogP contribution in [0, 0.1) is 0 Å². The first-order valence-electron chi connectivity index (χ1n) is 5.66. The van der Waals surface area contributed by atoms with Crippen LogP contribution in [0.2, 0.25) is 0 Å². The molecule has 0 saturated carbocycles. The van der Waals surface area contributed by atoms with Crippen molar-refractivity contribution >= 4 is 0 Å². The van der Waals surface area contributed by atoms with Crippen molar-refractivity contribution in [2.75, 3.05) is 6.61 Å². The highest BCUT2D eigenvalue weighted by atomic mass is 16.7. The minimum atomic E-state index is -0.169. The lowest BCUT2D eigenvalue weighted by molar-refractivity contribution is -0.295. The molecule has 2 heterocycles. The van der Waals surface area contributed by atoms with E-state index in [9.17, 15) is 0 Å². The second-order valence-corrected chi connectivity index (χ2v) is 4.26. The summed E-state index contributed by atoms with van der Waals surface area (Å²) in [6.07, 6.45) is 8.79. The van der Waals surface area contributed by atoms with Crippen LogP contribution in [-0.2, 0) is 9.47 Å². The van der Waals surface area contributed by atoms with Crippen molar-refractivity contribution in [2.45, 2.75) is 63.8 Å². The topological polar surface area (TPSA) is 18.5 Å². The first-order chi connectivity index (χ1) is 6.35. The molecule has 2 nitrogen and oxygen atoms in total. The number of rotatable bonds is 1. The fourth-order valence-electron chi connectivity index (χ4n) is 2.42. The summed E-state index contributed by atoms with van der Waals surface area (Å²) in [4.78, 5) is 0. The maximum atomic E-state index is 6.04. The predicted molar refractivity (Wildman–Crippen MR) is 51.5 cm³/mol. The highest BCUT2D eigenvalue weighted by Gasteiger charge is 2.38. The maximum Gasteiger partial charge on any atom is 0.168 e. The van der Waals surface area contributed by atoms with Gasteiger partial charge in [0, 0.05) is 12.8 Å². The highest BCUT2D eigenvalue weighted by molar-refractivity contribution is 4.80. The number of hydrogen-bond donors (Lipinski definition) is 0. The molecule has 2 fully saturated rings. The van der Waals surface area contributed by atoms with Crippen LogP contribution in [0.5, 0.6) is 0 Å². The molecule has 0 unspecified atom stereocenters. The Morgan fingerprint density at radius 3 is 2.77 bits per heavy atom.